The van der Waals surface area contributed by atoms with E-state index >= 15 is 0 Å². The molecular formula is C19H17NO3. The molecule has 4 N–H and O–H groups in total. The number of phenolic OH excluding ortho intramolecular Hbond substituents is 1. The second-order valence-electron chi connectivity index (χ2n) is 5.55. The number of aromatic hydroxyl groups is 1. The molecule has 0 aliphatic heterocycles. The summed E-state index contributed by atoms with van der Waals surface area (Å²) in [5.74, 6) is -0.900. The van der Waals surface area contributed by atoms with Gasteiger partial charge in [-0.2, -0.15) is 0 Å². The zero-order valence-electron chi connectivity index (χ0n) is 12.4. The van der Waals surface area contributed by atoms with Crippen LogP contribution in [0, 0.1) is 0 Å². The molecule has 0 aromatic heterocycles. The quantitative estimate of drug-likeness (QED) is 0.691. The lowest BCUT2D eigenvalue weighted by molar-refractivity contribution is -0.138. The standard InChI is InChI=1S/C19H17NO3/c20-18(19(22)23)10-15-7-8-16(21)11-17(15)14-6-5-12-3-1-2-4-13(12)9-14/h1-9,11,18,21H,10,20H2,(H,22,23). The van der Waals surface area contributed by atoms with E-state index < -0.39 is 12.0 Å². The third-order valence-corrected chi connectivity index (χ3v) is 3.91. The highest BCUT2D eigenvalue weighted by Gasteiger charge is 2.16. The highest BCUT2D eigenvalue weighted by Crippen LogP contribution is 2.30. The van der Waals surface area contributed by atoms with Crippen LogP contribution in [0.15, 0.2) is 60.7 Å². The van der Waals surface area contributed by atoms with Gasteiger partial charge in [0.1, 0.15) is 11.8 Å². The zero-order valence-corrected chi connectivity index (χ0v) is 12.4. The predicted molar refractivity (Wildman–Crippen MR) is 90.4 cm³/mol. The molecule has 0 aliphatic rings. The van der Waals surface area contributed by atoms with Gasteiger partial charge in [-0.3, -0.25) is 4.79 Å². The third-order valence-electron chi connectivity index (χ3n) is 3.91. The Kier molecular flexibility index (Phi) is 4.00. The molecule has 116 valence electrons. The van der Waals surface area contributed by atoms with Crippen molar-refractivity contribution in [3.8, 4) is 16.9 Å². The molecule has 0 spiro atoms. The van der Waals surface area contributed by atoms with Gasteiger partial charge in [-0.15, -0.1) is 0 Å². The number of fused-ring (bicyclic) bond motifs is 1. The maximum absolute atomic E-state index is 11.0. The van der Waals surface area contributed by atoms with Gasteiger partial charge < -0.3 is 15.9 Å². The van der Waals surface area contributed by atoms with Gasteiger partial charge in [-0.05, 0) is 52.1 Å². The molecule has 3 aromatic rings. The van der Waals surface area contributed by atoms with Gasteiger partial charge in [0.2, 0.25) is 0 Å². The highest BCUT2D eigenvalue weighted by molar-refractivity contribution is 5.88. The van der Waals surface area contributed by atoms with E-state index in [1.165, 1.54) is 0 Å². The Bertz CT molecular complexity index is 873. The maximum Gasteiger partial charge on any atom is 0.320 e. The van der Waals surface area contributed by atoms with Crippen molar-refractivity contribution in [1.29, 1.82) is 0 Å². The number of carboxylic acid groups (broad SMARTS) is 1. The first-order valence-electron chi connectivity index (χ1n) is 7.34. The minimum absolute atomic E-state index is 0.140. The number of rotatable bonds is 4. The van der Waals surface area contributed by atoms with Crippen LogP contribution in [0.3, 0.4) is 0 Å². The fraction of sp³-hybridized carbons (Fsp3) is 0.105. The van der Waals surface area contributed by atoms with E-state index in [1.54, 1.807) is 18.2 Å². The summed E-state index contributed by atoms with van der Waals surface area (Å²) in [5, 5.41) is 21.0. The number of carboxylic acids is 1. The average Bonchev–Trinajstić information content (AvgIpc) is 2.55. The first kappa shape index (κ1) is 15.1. The number of nitrogens with two attached hydrogens (primary N) is 1. The Morgan fingerprint density at radius 2 is 1.74 bits per heavy atom. The smallest absolute Gasteiger partial charge is 0.320 e. The third kappa shape index (κ3) is 3.17. The first-order valence-corrected chi connectivity index (χ1v) is 7.34. The van der Waals surface area contributed by atoms with Crippen LogP contribution in [0.2, 0.25) is 0 Å². The van der Waals surface area contributed by atoms with E-state index in [-0.39, 0.29) is 12.2 Å². The number of hydrogen-bond donors (Lipinski definition) is 3. The van der Waals surface area contributed by atoms with E-state index in [2.05, 4.69) is 0 Å². The number of hydrogen-bond acceptors (Lipinski definition) is 3. The van der Waals surface area contributed by atoms with E-state index in [0.29, 0.717) is 0 Å². The van der Waals surface area contributed by atoms with Crippen molar-refractivity contribution in [3.05, 3.63) is 66.2 Å². The first-order chi connectivity index (χ1) is 11.0. The van der Waals surface area contributed by atoms with Crippen LogP contribution in [0.25, 0.3) is 21.9 Å². The summed E-state index contributed by atoms with van der Waals surface area (Å²) in [4.78, 5) is 11.0. The predicted octanol–water partition coefficient (Wildman–Crippen LogP) is 3.17. The number of phenols is 1. The van der Waals surface area contributed by atoms with Gasteiger partial charge in [0, 0.05) is 0 Å². The molecule has 0 saturated heterocycles. The summed E-state index contributed by atoms with van der Waals surface area (Å²) >= 11 is 0. The number of aliphatic carboxylic acids is 1. The second kappa shape index (κ2) is 6.10. The van der Waals surface area contributed by atoms with Gasteiger partial charge in [-0.1, -0.05) is 42.5 Å². The molecular weight excluding hydrogens is 290 g/mol. The van der Waals surface area contributed by atoms with Crippen LogP contribution < -0.4 is 5.73 Å². The SMILES string of the molecule is NC(Cc1ccc(O)cc1-c1ccc2ccccc2c1)C(=O)O. The molecule has 0 saturated carbocycles. The summed E-state index contributed by atoms with van der Waals surface area (Å²) < 4.78 is 0. The average molecular weight is 307 g/mol. The van der Waals surface area contributed by atoms with Crippen molar-refractivity contribution in [2.24, 2.45) is 5.73 Å². The van der Waals surface area contributed by atoms with Crippen molar-refractivity contribution in [1.82, 2.24) is 0 Å². The summed E-state index contributed by atoms with van der Waals surface area (Å²) in [6.07, 6.45) is 0.206. The number of benzene rings is 3. The molecule has 0 amide bonds. The van der Waals surface area contributed by atoms with Gasteiger partial charge in [-0.25, -0.2) is 0 Å². The summed E-state index contributed by atoms with van der Waals surface area (Å²) in [7, 11) is 0. The lowest BCUT2D eigenvalue weighted by Gasteiger charge is -2.13. The summed E-state index contributed by atoms with van der Waals surface area (Å²) in [5.41, 5.74) is 8.18. The minimum Gasteiger partial charge on any atom is -0.508 e. The van der Waals surface area contributed by atoms with E-state index in [1.807, 2.05) is 42.5 Å². The second-order valence-corrected chi connectivity index (χ2v) is 5.55. The normalized spacial score (nSPS) is 12.2. The highest BCUT2D eigenvalue weighted by atomic mass is 16.4. The molecule has 4 nitrogen and oxygen atoms in total. The Morgan fingerprint density at radius 1 is 1.00 bits per heavy atom. The molecule has 0 aliphatic carbocycles. The van der Waals surface area contributed by atoms with Gasteiger partial charge >= 0.3 is 5.97 Å². The van der Waals surface area contributed by atoms with Crippen molar-refractivity contribution < 1.29 is 15.0 Å². The lowest BCUT2D eigenvalue weighted by atomic mass is 9.93. The fourth-order valence-corrected chi connectivity index (χ4v) is 2.69. The van der Waals surface area contributed by atoms with Crippen molar-refractivity contribution in [2.75, 3.05) is 0 Å². The Morgan fingerprint density at radius 3 is 2.48 bits per heavy atom. The van der Waals surface area contributed by atoms with Crippen molar-refractivity contribution in [2.45, 2.75) is 12.5 Å². The van der Waals surface area contributed by atoms with Crippen LogP contribution in [0.1, 0.15) is 5.56 Å². The monoisotopic (exact) mass is 307 g/mol. The Balaban J connectivity index is 2.09. The topological polar surface area (TPSA) is 83.5 Å². The molecule has 1 unspecified atom stereocenters. The molecule has 0 radical (unpaired) electrons. The molecule has 1 atom stereocenters. The zero-order chi connectivity index (χ0) is 16.4. The summed E-state index contributed by atoms with van der Waals surface area (Å²) in [6, 6.07) is 17.9. The lowest BCUT2D eigenvalue weighted by Crippen LogP contribution is -2.32. The van der Waals surface area contributed by atoms with Crippen molar-refractivity contribution in [3.63, 3.8) is 0 Å². The summed E-state index contributed by atoms with van der Waals surface area (Å²) in [6.45, 7) is 0. The van der Waals surface area contributed by atoms with Crippen LogP contribution in [-0.2, 0) is 11.2 Å². The molecule has 4 heteroatoms. The minimum atomic E-state index is -1.04. The number of carbonyl (C=O) groups is 1. The van der Waals surface area contributed by atoms with Gasteiger partial charge in [0.25, 0.3) is 0 Å². The van der Waals surface area contributed by atoms with E-state index in [0.717, 1.165) is 27.5 Å². The van der Waals surface area contributed by atoms with E-state index in [9.17, 15) is 9.90 Å². The van der Waals surface area contributed by atoms with Crippen LogP contribution >= 0.6 is 0 Å². The van der Waals surface area contributed by atoms with E-state index in [4.69, 9.17) is 10.8 Å². The van der Waals surface area contributed by atoms with Gasteiger partial charge in [0.15, 0.2) is 0 Å². The molecule has 23 heavy (non-hydrogen) atoms. The van der Waals surface area contributed by atoms with Crippen LogP contribution in [0.4, 0.5) is 0 Å². The molecule has 3 rings (SSSR count). The largest absolute Gasteiger partial charge is 0.508 e. The van der Waals surface area contributed by atoms with Crippen LogP contribution in [0.5, 0.6) is 5.75 Å². The van der Waals surface area contributed by atoms with Crippen LogP contribution in [-0.4, -0.2) is 22.2 Å². The Hall–Kier alpha value is -2.85. The maximum atomic E-state index is 11.0. The molecule has 0 heterocycles. The fourth-order valence-electron chi connectivity index (χ4n) is 2.69. The Labute approximate surface area is 133 Å². The molecule has 0 fully saturated rings. The molecule has 3 aromatic carbocycles. The van der Waals surface area contributed by atoms with Crippen molar-refractivity contribution >= 4 is 16.7 Å². The molecule has 0 bridgehead atoms. The van der Waals surface area contributed by atoms with Gasteiger partial charge in [0.05, 0.1) is 0 Å².